The van der Waals surface area contributed by atoms with Crippen LogP contribution in [0.3, 0.4) is 0 Å². The Morgan fingerprint density at radius 3 is 2.60 bits per heavy atom. The Bertz CT molecular complexity index is 314. The average molecular weight is 272 g/mol. The largest absolute Gasteiger partial charge is 0.387 e. The minimum Gasteiger partial charge on any atom is -0.387 e. The SMILES string of the molecule is CC(C)CC(N)C(O)c1cccc(Br)c1. The highest BCUT2D eigenvalue weighted by molar-refractivity contribution is 9.10. The molecule has 0 aliphatic carbocycles. The lowest BCUT2D eigenvalue weighted by atomic mass is 9.95. The molecule has 0 amide bonds. The van der Waals surface area contributed by atoms with E-state index in [1.807, 2.05) is 24.3 Å². The molecule has 0 fully saturated rings. The highest BCUT2D eigenvalue weighted by atomic mass is 79.9. The zero-order valence-corrected chi connectivity index (χ0v) is 10.7. The van der Waals surface area contributed by atoms with Crippen LogP contribution in [-0.4, -0.2) is 11.1 Å². The van der Waals surface area contributed by atoms with Crippen molar-refractivity contribution in [1.29, 1.82) is 0 Å². The number of aliphatic hydroxyl groups excluding tert-OH is 1. The number of nitrogens with two attached hydrogens (primary N) is 1. The molecule has 0 aliphatic rings. The van der Waals surface area contributed by atoms with Gasteiger partial charge in [-0.25, -0.2) is 0 Å². The molecule has 0 spiro atoms. The first-order valence-corrected chi connectivity index (χ1v) is 5.99. The first-order chi connectivity index (χ1) is 7.00. The molecule has 1 aromatic carbocycles. The fourth-order valence-corrected chi connectivity index (χ4v) is 2.03. The molecule has 0 bridgehead atoms. The molecule has 84 valence electrons. The Hall–Kier alpha value is -0.380. The van der Waals surface area contributed by atoms with Gasteiger partial charge in [-0.2, -0.15) is 0 Å². The summed E-state index contributed by atoms with van der Waals surface area (Å²) in [5.74, 6) is 0.502. The first kappa shape index (κ1) is 12.7. The Morgan fingerprint density at radius 2 is 2.07 bits per heavy atom. The summed E-state index contributed by atoms with van der Waals surface area (Å²) in [6.45, 7) is 4.21. The second-order valence-electron chi connectivity index (χ2n) is 4.29. The monoisotopic (exact) mass is 271 g/mol. The van der Waals surface area contributed by atoms with E-state index in [9.17, 15) is 5.11 Å². The molecule has 3 heteroatoms. The van der Waals surface area contributed by atoms with Crippen LogP contribution in [0.25, 0.3) is 0 Å². The Labute approximate surface area is 99.6 Å². The van der Waals surface area contributed by atoms with Crippen LogP contribution in [0, 0.1) is 5.92 Å². The minimum absolute atomic E-state index is 0.195. The predicted octanol–water partition coefficient (Wildman–Crippen LogP) is 2.86. The maximum absolute atomic E-state index is 10.0. The van der Waals surface area contributed by atoms with E-state index in [2.05, 4.69) is 29.8 Å². The molecule has 0 heterocycles. The van der Waals surface area contributed by atoms with Gasteiger partial charge in [-0.3, -0.25) is 0 Å². The zero-order valence-electron chi connectivity index (χ0n) is 9.15. The highest BCUT2D eigenvalue weighted by Gasteiger charge is 2.17. The molecule has 2 nitrogen and oxygen atoms in total. The third-order valence-corrected chi connectivity index (χ3v) is 2.83. The number of halogens is 1. The maximum Gasteiger partial charge on any atom is 0.0941 e. The lowest BCUT2D eigenvalue weighted by molar-refractivity contribution is 0.136. The minimum atomic E-state index is -0.579. The predicted molar refractivity (Wildman–Crippen MR) is 66.5 cm³/mol. The fourth-order valence-electron chi connectivity index (χ4n) is 1.61. The average Bonchev–Trinajstić information content (AvgIpc) is 2.15. The van der Waals surface area contributed by atoms with Gasteiger partial charge in [0.05, 0.1) is 6.10 Å². The summed E-state index contributed by atoms with van der Waals surface area (Å²) in [6, 6.07) is 7.45. The Morgan fingerprint density at radius 1 is 1.40 bits per heavy atom. The van der Waals surface area contributed by atoms with Gasteiger partial charge in [0.2, 0.25) is 0 Å². The van der Waals surface area contributed by atoms with Gasteiger partial charge < -0.3 is 10.8 Å². The third-order valence-electron chi connectivity index (χ3n) is 2.34. The normalized spacial score (nSPS) is 15.3. The number of hydrogen-bond donors (Lipinski definition) is 2. The summed E-state index contributed by atoms with van der Waals surface area (Å²) < 4.78 is 0.968. The summed E-state index contributed by atoms with van der Waals surface area (Å²) in [7, 11) is 0. The highest BCUT2D eigenvalue weighted by Crippen LogP contribution is 2.22. The molecular formula is C12H18BrNO. The standard InChI is InChI=1S/C12H18BrNO/c1-8(2)6-11(14)12(15)9-4-3-5-10(13)7-9/h3-5,7-8,11-12,15H,6,14H2,1-2H3. The number of benzene rings is 1. The van der Waals surface area contributed by atoms with E-state index in [0.29, 0.717) is 5.92 Å². The first-order valence-electron chi connectivity index (χ1n) is 5.20. The molecule has 0 aliphatic heterocycles. The molecule has 3 N–H and O–H groups in total. The van der Waals surface area contributed by atoms with E-state index < -0.39 is 6.10 Å². The van der Waals surface area contributed by atoms with Crippen LogP contribution < -0.4 is 5.73 Å². The van der Waals surface area contributed by atoms with Crippen molar-refractivity contribution in [3.05, 3.63) is 34.3 Å². The van der Waals surface area contributed by atoms with Crippen LogP contribution in [0.4, 0.5) is 0 Å². The number of hydrogen-bond acceptors (Lipinski definition) is 2. The molecule has 2 unspecified atom stereocenters. The second-order valence-corrected chi connectivity index (χ2v) is 5.21. The van der Waals surface area contributed by atoms with E-state index in [1.54, 1.807) is 0 Å². The molecule has 2 atom stereocenters. The van der Waals surface area contributed by atoms with Crippen molar-refractivity contribution >= 4 is 15.9 Å². The van der Waals surface area contributed by atoms with E-state index in [0.717, 1.165) is 16.5 Å². The summed E-state index contributed by atoms with van der Waals surface area (Å²) in [4.78, 5) is 0. The molecule has 0 radical (unpaired) electrons. The van der Waals surface area contributed by atoms with Gasteiger partial charge >= 0.3 is 0 Å². The summed E-state index contributed by atoms with van der Waals surface area (Å²) in [5, 5.41) is 10.0. The van der Waals surface area contributed by atoms with Gasteiger partial charge in [-0.15, -0.1) is 0 Å². The van der Waals surface area contributed by atoms with Crippen LogP contribution in [0.2, 0.25) is 0 Å². The van der Waals surface area contributed by atoms with Crippen molar-refractivity contribution in [3.8, 4) is 0 Å². The molecular weight excluding hydrogens is 254 g/mol. The number of aliphatic hydroxyl groups is 1. The second kappa shape index (κ2) is 5.64. The number of rotatable bonds is 4. The zero-order chi connectivity index (χ0) is 11.4. The van der Waals surface area contributed by atoms with Crippen molar-refractivity contribution in [1.82, 2.24) is 0 Å². The molecule has 0 saturated carbocycles. The molecule has 0 aromatic heterocycles. The maximum atomic E-state index is 10.0. The van der Waals surface area contributed by atoms with Crippen molar-refractivity contribution in [2.75, 3.05) is 0 Å². The molecule has 0 saturated heterocycles. The summed E-state index contributed by atoms with van der Waals surface area (Å²) >= 11 is 3.38. The van der Waals surface area contributed by atoms with Crippen molar-refractivity contribution in [3.63, 3.8) is 0 Å². The smallest absolute Gasteiger partial charge is 0.0941 e. The van der Waals surface area contributed by atoms with Gasteiger partial charge in [0.15, 0.2) is 0 Å². The van der Waals surface area contributed by atoms with Crippen LogP contribution in [-0.2, 0) is 0 Å². The van der Waals surface area contributed by atoms with Gasteiger partial charge in [-0.05, 0) is 30.0 Å². The van der Waals surface area contributed by atoms with Crippen molar-refractivity contribution < 1.29 is 5.11 Å². The quantitative estimate of drug-likeness (QED) is 0.885. The third kappa shape index (κ3) is 3.93. The lowest BCUT2D eigenvalue weighted by Crippen LogP contribution is -2.29. The van der Waals surface area contributed by atoms with E-state index in [-0.39, 0.29) is 6.04 Å². The van der Waals surface area contributed by atoms with Gasteiger partial charge in [0.25, 0.3) is 0 Å². The fraction of sp³-hybridized carbons (Fsp3) is 0.500. The Balaban J connectivity index is 2.71. The molecule has 15 heavy (non-hydrogen) atoms. The lowest BCUT2D eigenvalue weighted by Gasteiger charge is -2.21. The van der Waals surface area contributed by atoms with E-state index >= 15 is 0 Å². The van der Waals surface area contributed by atoms with E-state index in [4.69, 9.17) is 5.73 Å². The van der Waals surface area contributed by atoms with E-state index in [1.165, 1.54) is 0 Å². The van der Waals surface area contributed by atoms with Crippen LogP contribution in [0.5, 0.6) is 0 Å². The summed E-state index contributed by atoms with van der Waals surface area (Å²) in [5.41, 5.74) is 6.81. The Kier molecular flexibility index (Phi) is 4.77. The molecule has 1 aromatic rings. The van der Waals surface area contributed by atoms with Crippen LogP contribution >= 0.6 is 15.9 Å². The van der Waals surface area contributed by atoms with Crippen LogP contribution in [0.15, 0.2) is 28.7 Å². The van der Waals surface area contributed by atoms with Gasteiger partial charge in [0, 0.05) is 10.5 Å². The van der Waals surface area contributed by atoms with Gasteiger partial charge in [-0.1, -0.05) is 41.9 Å². The van der Waals surface area contributed by atoms with Gasteiger partial charge in [0.1, 0.15) is 0 Å². The van der Waals surface area contributed by atoms with Crippen LogP contribution in [0.1, 0.15) is 31.9 Å². The molecule has 1 rings (SSSR count). The van der Waals surface area contributed by atoms with Crippen molar-refractivity contribution in [2.45, 2.75) is 32.4 Å². The van der Waals surface area contributed by atoms with Crippen molar-refractivity contribution in [2.24, 2.45) is 11.7 Å². The summed E-state index contributed by atoms with van der Waals surface area (Å²) in [6.07, 6.45) is 0.248. The topological polar surface area (TPSA) is 46.2 Å².